The van der Waals surface area contributed by atoms with Crippen LogP contribution in [0.2, 0.25) is 0 Å². The van der Waals surface area contributed by atoms with Crippen molar-refractivity contribution in [3.63, 3.8) is 0 Å². The van der Waals surface area contributed by atoms with E-state index in [0.29, 0.717) is 11.7 Å². The highest BCUT2D eigenvalue weighted by Crippen LogP contribution is 2.29. The predicted molar refractivity (Wildman–Crippen MR) is 102 cm³/mol. The Morgan fingerprint density at radius 1 is 1.16 bits per heavy atom. The highest BCUT2D eigenvalue weighted by molar-refractivity contribution is 8.15. The quantitative estimate of drug-likeness (QED) is 0.912. The van der Waals surface area contributed by atoms with E-state index in [1.165, 1.54) is 11.8 Å². The van der Waals surface area contributed by atoms with Crippen LogP contribution in [0.1, 0.15) is 13.3 Å². The molecule has 1 fully saturated rings. The summed E-state index contributed by atoms with van der Waals surface area (Å²) >= 11 is 1.33. The number of carbonyl (C=O) groups is 2. The van der Waals surface area contributed by atoms with Crippen LogP contribution in [0.25, 0.3) is 0 Å². The molecule has 1 N–H and O–H groups in total. The van der Waals surface area contributed by atoms with E-state index >= 15 is 0 Å². The minimum Gasteiger partial charge on any atom is -0.325 e. The molecule has 1 aliphatic rings. The molecule has 0 unspecified atom stereocenters. The SMILES string of the molecule is CCN1C(=O)C[C@H](C(=O)Nc2ccccc2)SC1=Nc1ccccc1. The zero-order valence-corrected chi connectivity index (χ0v) is 14.7. The van der Waals surface area contributed by atoms with Crippen LogP contribution in [0.3, 0.4) is 0 Å². The summed E-state index contributed by atoms with van der Waals surface area (Å²) < 4.78 is 0. The van der Waals surface area contributed by atoms with Crippen LogP contribution in [0.4, 0.5) is 11.4 Å². The number of hydrogen-bond donors (Lipinski definition) is 1. The Balaban J connectivity index is 1.79. The van der Waals surface area contributed by atoms with Gasteiger partial charge in [0.25, 0.3) is 0 Å². The fourth-order valence-corrected chi connectivity index (χ4v) is 3.67. The van der Waals surface area contributed by atoms with E-state index in [2.05, 4.69) is 10.3 Å². The predicted octanol–water partition coefficient (Wildman–Crippen LogP) is 3.67. The summed E-state index contributed by atoms with van der Waals surface area (Å²) in [5.41, 5.74) is 1.49. The Kier molecular flexibility index (Phi) is 5.50. The highest BCUT2D eigenvalue weighted by atomic mass is 32.2. The minimum absolute atomic E-state index is 0.0795. The number of amides is 2. The van der Waals surface area contributed by atoms with Crippen molar-refractivity contribution in [3.8, 4) is 0 Å². The molecule has 3 rings (SSSR count). The molecule has 0 spiro atoms. The first kappa shape index (κ1) is 17.2. The van der Waals surface area contributed by atoms with E-state index in [1.807, 2.05) is 67.6 Å². The molecule has 0 aromatic heterocycles. The Morgan fingerprint density at radius 3 is 2.44 bits per heavy atom. The second kappa shape index (κ2) is 7.98. The smallest absolute Gasteiger partial charge is 0.238 e. The summed E-state index contributed by atoms with van der Waals surface area (Å²) in [5, 5.41) is 2.94. The van der Waals surface area contributed by atoms with Crippen LogP contribution in [0.15, 0.2) is 65.7 Å². The third-order valence-electron chi connectivity index (χ3n) is 3.77. The molecule has 0 radical (unpaired) electrons. The number of nitrogens with one attached hydrogen (secondary N) is 1. The van der Waals surface area contributed by atoms with Crippen LogP contribution in [-0.4, -0.2) is 33.7 Å². The maximum absolute atomic E-state index is 12.5. The van der Waals surface area contributed by atoms with E-state index in [9.17, 15) is 9.59 Å². The van der Waals surface area contributed by atoms with Crippen LogP contribution in [0.5, 0.6) is 0 Å². The van der Waals surface area contributed by atoms with Gasteiger partial charge in [0.2, 0.25) is 11.8 Å². The monoisotopic (exact) mass is 353 g/mol. The molecule has 128 valence electrons. The number of aliphatic imine (C=N–C) groups is 1. The van der Waals surface area contributed by atoms with Crippen LogP contribution in [-0.2, 0) is 9.59 Å². The summed E-state index contributed by atoms with van der Waals surface area (Å²) in [6.07, 6.45) is 0.172. The Morgan fingerprint density at radius 2 is 1.80 bits per heavy atom. The first-order chi connectivity index (χ1) is 12.2. The maximum Gasteiger partial charge on any atom is 0.238 e. The number of nitrogens with zero attached hydrogens (tertiary/aromatic N) is 2. The molecule has 2 aromatic carbocycles. The lowest BCUT2D eigenvalue weighted by Crippen LogP contribution is -2.45. The van der Waals surface area contributed by atoms with Crippen LogP contribution >= 0.6 is 11.8 Å². The molecule has 6 heteroatoms. The lowest BCUT2D eigenvalue weighted by Gasteiger charge is -2.30. The van der Waals surface area contributed by atoms with Crippen molar-refractivity contribution in [2.75, 3.05) is 11.9 Å². The summed E-state index contributed by atoms with van der Waals surface area (Å²) in [4.78, 5) is 31.2. The average Bonchev–Trinajstić information content (AvgIpc) is 2.63. The van der Waals surface area contributed by atoms with Crippen molar-refractivity contribution in [2.24, 2.45) is 4.99 Å². The summed E-state index contributed by atoms with van der Waals surface area (Å²) in [6.45, 7) is 2.44. The number of thioether (sulfide) groups is 1. The van der Waals surface area contributed by atoms with Crippen molar-refractivity contribution in [1.29, 1.82) is 0 Å². The van der Waals surface area contributed by atoms with Gasteiger partial charge < -0.3 is 5.32 Å². The van der Waals surface area contributed by atoms with E-state index in [-0.39, 0.29) is 18.2 Å². The number of benzene rings is 2. The van der Waals surface area contributed by atoms with Gasteiger partial charge in [0.1, 0.15) is 5.25 Å². The zero-order valence-electron chi connectivity index (χ0n) is 13.9. The van der Waals surface area contributed by atoms with Gasteiger partial charge in [-0.25, -0.2) is 4.99 Å². The largest absolute Gasteiger partial charge is 0.325 e. The summed E-state index contributed by atoms with van der Waals surface area (Å²) in [5.74, 6) is -0.259. The molecule has 1 aliphatic heterocycles. The third-order valence-corrected chi connectivity index (χ3v) is 4.96. The molecular formula is C19H19N3O2S. The lowest BCUT2D eigenvalue weighted by molar-refractivity contribution is -0.129. The van der Waals surface area contributed by atoms with E-state index in [1.54, 1.807) is 4.90 Å². The van der Waals surface area contributed by atoms with Crippen molar-refractivity contribution >= 4 is 40.1 Å². The van der Waals surface area contributed by atoms with Crippen LogP contribution in [0, 0.1) is 0 Å². The molecular weight excluding hydrogens is 334 g/mol. The molecule has 0 bridgehead atoms. The Hall–Kier alpha value is -2.60. The van der Waals surface area contributed by atoms with Gasteiger partial charge in [-0.15, -0.1) is 0 Å². The van der Waals surface area contributed by atoms with Gasteiger partial charge >= 0.3 is 0 Å². The van der Waals surface area contributed by atoms with Gasteiger partial charge in [0.05, 0.1) is 5.69 Å². The Bertz CT molecular complexity index is 778. The fourth-order valence-electron chi connectivity index (χ4n) is 2.51. The van der Waals surface area contributed by atoms with Crippen molar-refractivity contribution in [3.05, 3.63) is 60.7 Å². The van der Waals surface area contributed by atoms with Crippen molar-refractivity contribution in [1.82, 2.24) is 4.90 Å². The number of rotatable bonds is 4. The molecule has 1 saturated heterocycles. The molecule has 1 atom stereocenters. The minimum atomic E-state index is -0.488. The summed E-state index contributed by atoms with van der Waals surface area (Å²) in [6, 6.07) is 18.7. The normalized spacial score (nSPS) is 19.1. The Labute approximate surface area is 151 Å². The van der Waals surface area contributed by atoms with Gasteiger partial charge in [-0.1, -0.05) is 48.2 Å². The number of amidine groups is 1. The maximum atomic E-state index is 12.5. The summed E-state index contributed by atoms with van der Waals surface area (Å²) in [7, 11) is 0. The fraction of sp³-hybridized carbons (Fsp3) is 0.211. The topological polar surface area (TPSA) is 61.8 Å². The van der Waals surface area contributed by atoms with Crippen molar-refractivity contribution in [2.45, 2.75) is 18.6 Å². The zero-order chi connectivity index (χ0) is 17.6. The first-order valence-corrected chi connectivity index (χ1v) is 9.02. The van der Waals surface area contributed by atoms with Crippen molar-refractivity contribution < 1.29 is 9.59 Å². The number of anilines is 1. The number of carbonyl (C=O) groups excluding carboxylic acids is 2. The molecule has 2 aromatic rings. The van der Waals surface area contributed by atoms with E-state index in [4.69, 9.17) is 0 Å². The number of para-hydroxylation sites is 2. The van der Waals surface area contributed by atoms with Crippen LogP contribution < -0.4 is 5.32 Å². The van der Waals surface area contributed by atoms with Gasteiger partial charge in [-0.3, -0.25) is 14.5 Å². The standard InChI is InChI=1S/C19H19N3O2S/c1-2-22-17(23)13-16(18(24)20-14-9-5-3-6-10-14)25-19(22)21-15-11-7-4-8-12-15/h3-12,16H,2,13H2,1H3,(H,20,24)/t16-/m1/s1. The molecule has 0 aliphatic carbocycles. The third kappa shape index (κ3) is 4.28. The number of hydrogen-bond acceptors (Lipinski definition) is 4. The highest BCUT2D eigenvalue weighted by Gasteiger charge is 2.35. The van der Waals surface area contributed by atoms with Gasteiger partial charge in [0.15, 0.2) is 5.17 Å². The second-order valence-corrected chi connectivity index (χ2v) is 6.70. The van der Waals surface area contributed by atoms with E-state index < -0.39 is 5.25 Å². The molecule has 0 saturated carbocycles. The molecule has 2 amide bonds. The molecule has 1 heterocycles. The first-order valence-electron chi connectivity index (χ1n) is 8.14. The second-order valence-electron chi connectivity index (χ2n) is 5.53. The van der Waals surface area contributed by atoms with Gasteiger partial charge in [-0.05, 0) is 31.2 Å². The molecule has 25 heavy (non-hydrogen) atoms. The van der Waals surface area contributed by atoms with E-state index in [0.717, 1.165) is 11.4 Å². The van der Waals surface area contributed by atoms with Gasteiger partial charge in [-0.2, -0.15) is 0 Å². The van der Waals surface area contributed by atoms with Gasteiger partial charge in [0, 0.05) is 18.7 Å². The molecule has 5 nitrogen and oxygen atoms in total. The average molecular weight is 353 g/mol. The lowest BCUT2D eigenvalue weighted by atomic mass is 10.2.